The highest BCUT2D eigenvalue weighted by molar-refractivity contribution is 7.99. The Morgan fingerprint density at radius 1 is 1.12 bits per heavy atom. The summed E-state index contributed by atoms with van der Waals surface area (Å²) in [7, 11) is 0. The summed E-state index contributed by atoms with van der Waals surface area (Å²) in [6.07, 6.45) is 10.2. The molecule has 0 saturated carbocycles. The van der Waals surface area contributed by atoms with Crippen LogP contribution in [-0.4, -0.2) is 48.4 Å². The molecule has 0 radical (unpaired) electrons. The Morgan fingerprint density at radius 3 is 2.75 bits per heavy atom. The molecule has 3 heterocycles. The first-order valence-corrected chi connectivity index (χ1v) is 12.6. The van der Waals surface area contributed by atoms with Crippen LogP contribution in [0.2, 0.25) is 0 Å². The normalized spacial score (nSPS) is 12.1. The van der Waals surface area contributed by atoms with Crippen molar-refractivity contribution in [1.29, 1.82) is 0 Å². The number of aliphatic hydroxyl groups is 1. The van der Waals surface area contributed by atoms with Gasteiger partial charge in [0, 0.05) is 30.2 Å². The molecule has 0 aliphatic rings. The molecule has 3 rings (SSSR count). The third-order valence-corrected chi connectivity index (χ3v) is 6.61. The fourth-order valence-electron chi connectivity index (χ4n) is 3.01. The van der Waals surface area contributed by atoms with Gasteiger partial charge in [-0.1, -0.05) is 56.2 Å². The average molecular weight is 474 g/mol. The van der Waals surface area contributed by atoms with Gasteiger partial charge in [-0.15, -0.1) is 0 Å². The summed E-state index contributed by atoms with van der Waals surface area (Å²) in [6.45, 7) is 7.68. The molecule has 0 amide bonds. The molecule has 172 valence electrons. The van der Waals surface area contributed by atoms with Gasteiger partial charge in [-0.2, -0.15) is 0 Å². The third kappa shape index (κ3) is 7.77. The Hall–Kier alpha value is -2.14. The van der Waals surface area contributed by atoms with Gasteiger partial charge in [-0.25, -0.2) is 19.9 Å². The highest BCUT2D eigenvalue weighted by Gasteiger charge is 2.12. The molecule has 0 spiro atoms. The van der Waals surface area contributed by atoms with Crippen molar-refractivity contribution in [3.63, 3.8) is 0 Å². The highest BCUT2D eigenvalue weighted by Crippen LogP contribution is 2.31. The molecule has 32 heavy (non-hydrogen) atoms. The molecule has 1 unspecified atom stereocenters. The molecule has 8 nitrogen and oxygen atoms in total. The lowest BCUT2D eigenvalue weighted by Gasteiger charge is -2.10. The Labute approximate surface area is 197 Å². The number of nitrogens with one attached hydrogen (secondary N) is 2. The second-order valence-corrected chi connectivity index (χ2v) is 9.99. The summed E-state index contributed by atoms with van der Waals surface area (Å²) < 4.78 is 0. The van der Waals surface area contributed by atoms with Crippen molar-refractivity contribution >= 4 is 34.0 Å². The van der Waals surface area contributed by atoms with E-state index in [2.05, 4.69) is 44.4 Å². The highest BCUT2D eigenvalue weighted by atomic mass is 32.2. The van der Waals surface area contributed by atoms with E-state index in [9.17, 15) is 0 Å². The minimum Gasteiger partial charge on any atom is -0.395 e. The van der Waals surface area contributed by atoms with E-state index in [1.54, 1.807) is 24.2 Å². The molecule has 0 saturated heterocycles. The van der Waals surface area contributed by atoms with Gasteiger partial charge < -0.3 is 15.7 Å². The van der Waals surface area contributed by atoms with Crippen molar-refractivity contribution in [3.8, 4) is 10.6 Å². The summed E-state index contributed by atoms with van der Waals surface area (Å²) in [4.78, 5) is 23.6. The molecular weight excluding hydrogens is 442 g/mol. The maximum atomic E-state index is 8.82. The number of hydrogen-bond donors (Lipinski definition) is 3. The smallest absolute Gasteiger partial charge is 0.188 e. The van der Waals surface area contributed by atoms with Crippen LogP contribution in [0.5, 0.6) is 0 Å². The van der Waals surface area contributed by atoms with Gasteiger partial charge >= 0.3 is 0 Å². The summed E-state index contributed by atoms with van der Waals surface area (Å²) in [5.74, 6) is 0.632. The Morgan fingerprint density at radius 2 is 2.00 bits per heavy atom. The van der Waals surface area contributed by atoms with Crippen molar-refractivity contribution in [1.82, 2.24) is 30.2 Å². The molecule has 1 atom stereocenters. The van der Waals surface area contributed by atoms with Crippen LogP contribution in [0.3, 0.4) is 0 Å². The van der Waals surface area contributed by atoms with E-state index in [0.29, 0.717) is 24.2 Å². The monoisotopic (exact) mass is 473 g/mol. The number of hydrogen-bond acceptors (Lipinski definition) is 10. The Kier molecular flexibility index (Phi) is 9.79. The molecule has 0 aliphatic carbocycles. The molecule has 3 N–H and O–H groups in total. The fraction of sp³-hybridized carbons (Fsp3) is 0.500. The van der Waals surface area contributed by atoms with Crippen molar-refractivity contribution < 1.29 is 5.11 Å². The molecule has 0 fully saturated rings. The van der Waals surface area contributed by atoms with E-state index in [-0.39, 0.29) is 6.61 Å². The SMILES string of the molecule is CCCCCC(C)Sc1nc(C)cc(-c2cnc(Nc3cnc(CNCCO)cn3)s2)n1. The van der Waals surface area contributed by atoms with Crippen molar-refractivity contribution in [3.05, 3.63) is 36.0 Å². The minimum absolute atomic E-state index is 0.101. The molecule has 0 bridgehead atoms. The molecule has 0 aliphatic heterocycles. The summed E-state index contributed by atoms with van der Waals surface area (Å²) in [5, 5.41) is 17.2. The first kappa shape index (κ1) is 24.5. The van der Waals surface area contributed by atoms with Crippen LogP contribution in [0.15, 0.2) is 29.8 Å². The van der Waals surface area contributed by atoms with Crippen LogP contribution in [-0.2, 0) is 6.54 Å². The molecular formula is C22H31N7OS2. The number of anilines is 2. The summed E-state index contributed by atoms with van der Waals surface area (Å²) >= 11 is 3.27. The summed E-state index contributed by atoms with van der Waals surface area (Å²) in [5.41, 5.74) is 2.66. The van der Waals surface area contributed by atoms with Crippen LogP contribution < -0.4 is 10.6 Å². The number of unbranched alkanes of at least 4 members (excludes halogenated alkanes) is 2. The van der Waals surface area contributed by atoms with Crippen LogP contribution >= 0.6 is 23.1 Å². The quantitative estimate of drug-likeness (QED) is 0.187. The predicted octanol–water partition coefficient (Wildman–Crippen LogP) is 4.58. The number of nitrogens with zero attached hydrogens (tertiary/aromatic N) is 5. The standard InChI is InChI=1S/C22H31N7OS2/c1-4-5-6-7-16(3)31-22-27-15(2)10-18(28-22)19-13-26-21(32-19)29-20-14-24-17(12-25-20)11-23-8-9-30/h10,12-14,16,23,30H,4-9,11H2,1-3H3,(H,25,26,29). The maximum absolute atomic E-state index is 8.82. The third-order valence-electron chi connectivity index (χ3n) is 4.65. The van der Waals surface area contributed by atoms with Gasteiger partial charge in [0.25, 0.3) is 0 Å². The first-order chi connectivity index (χ1) is 15.6. The predicted molar refractivity (Wildman–Crippen MR) is 131 cm³/mol. The maximum Gasteiger partial charge on any atom is 0.188 e. The van der Waals surface area contributed by atoms with Crippen molar-refractivity contribution in [2.75, 3.05) is 18.5 Å². The number of thiazole rings is 1. The van der Waals surface area contributed by atoms with E-state index >= 15 is 0 Å². The van der Waals surface area contributed by atoms with Crippen LogP contribution in [0, 0.1) is 6.92 Å². The lowest BCUT2D eigenvalue weighted by atomic mass is 10.2. The van der Waals surface area contributed by atoms with E-state index in [0.717, 1.165) is 32.2 Å². The van der Waals surface area contributed by atoms with Crippen molar-refractivity contribution in [2.24, 2.45) is 0 Å². The minimum atomic E-state index is 0.101. The number of rotatable bonds is 13. The van der Waals surface area contributed by atoms with Crippen LogP contribution in [0.4, 0.5) is 10.9 Å². The number of thioether (sulfide) groups is 1. The van der Waals surface area contributed by atoms with Gasteiger partial charge in [0.1, 0.15) is 0 Å². The first-order valence-electron chi connectivity index (χ1n) is 11.0. The lowest BCUT2D eigenvalue weighted by molar-refractivity contribution is 0.291. The van der Waals surface area contributed by atoms with Crippen LogP contribution in [0.1, 0.15) is 50.9 Å². The zero-order chi connectivity index (χ0) is 22.8. The lowest BCUT2D eigenvalue weighted by Crippen LogP contribution is -2.18. The van der Waals surface area contributed by atoms with E-state index in [4.69, 9.17) is 10.1 Å². The second-order valence-electron chi connectivity index (χ2n) is 7.55. The Bertz CT molecular complexity index is 965. The molecule has 3 aromatic heterocycles. The van der Waals surface area contributed by atoms with Gasteiger partial charge in [0.15, 0.2) is 16.1 Å². The summed E-state index contributed by atoms with van der Waals surface area (Å²) in [6, 6.07) is 2.00. The van der Waals surface area contributed by atoms with Gasteiger partial charge in [-0.05, 0) is 19.4 Å². The zero-order valence-corrected chi connectivity index (χ0v) is 20.5. The van der Waals surface area contributed by atoms with Gasteiger partial charge in [0.05, 0.1) is 35.3 Å². The number of aromatic nitrogens is 5. The van der Waals surface area contributed by atoms with E-state index in [1.807, 2.05) is 19.2 Å². The topological polar surface area (TPSA) is 109 Å². The fourth-order valence-corrected chi connectivity index (χ4v) is 4.78. The average Bonchev–Trinajstić information content (AvgIpc) is 3.23. The van der Waals surface area contributed by atoms with Crippen LogP contribution in [0.25, 0.3) is 10.6 Å². The van der Waals surface area contributed by atoms with Gasteiger partial charge in [-0.3, -0.25) is 4.98 Å². The van der Waals surface area contributed by atoms with Gasteiger partial charge in [0.2, 0.25) is 0 Å². The molecule has 0 aromatic carbocycles. The number of aliphatic hydroxyl groups excluding tert-OH is 1. The second kappa shape index (κ2) is 12.8. The Balaban J connectivity index is 1.62. The van der Waals surface area contributed by atoms with E-state index in [1.165, 1.54) is 37.0 Å². The molecule has 3 aromatic rings. The van der Waals surface area contributed by atoms with E-state index < -0.39 is 0 Å². The molecule has 10 heteroatoms. The van der Waals surface area contributed by atoms with Crippen molar-refractivity contribution in [2.45, 2.75) is 63.4 Å². The zero-order valence-electron chi connectivity index (χ0n) is 18.8. The number of aryl methyl sites for hydroxylation is 1. The largest absolute Gasteiger partial charge is 0.395 e.